The van der Waals surface area contributed by atoms with Gasteiger partial charge in [0.25, 0.3) is 0 Å². The van der Waals surface area contributed by atoms with Crippen molar-refractivity contribution in [1.82, 2.24) is 9.80 Å². The van der Waals surface area contributed by atoms with Crippen molar-refractivity contribution in [2.45, 2.75) is 89.5 Å². The Balaban J connectivity index is 1.10. The SMILES string of the molecule is CC1c2ccccc2OC(=O)CC1CCCCCCN1CCN(C2CCCCC2)CC1. The molecule has 0 amide bonds. The molecule has 0 radical (unpaired) electrons. The molecule has 0 N–H and O–H groups in total. The van der Waals surface area contributed by atoms with Gasteiger partial charge in [-0.2, -0.15) is 0 Å². The molecule has 2 unspecified atom stereocenters. The number of rotatable bonds is 8. The molecule has 3 aliphatic rings. The van der Waals surface area contributed by atoms with Gasteiger partial charge in [-0.25, -0.2) is 0 Å². The van der Waals surface area contributed by atoms with Gasteiger partial charge in [-0.3, -0.25) is 9.69 Å². The Kier molecular flexibility index (Phi) is 8.43. The third-order valence-electron chi connectivity index (χ3n) is 8.07. The van der Waals surface area contributed by atoms with Crippen LogP contribution in [0.15, 0.2) is 24.3 Å². The number of hydrogen-bond acceptors (Lipinski definition) is 4. The highest BCUT2D eigenvalue weighted by Crippen LogP contribution is 2.39. The van der Waals surface area contributed by atoms with Crippen LogP contribution in [-0.2, 0) is 4.79 Å². The Bertz CT molecular complexity index is 692. The first kappa shape index (κ1) is 22.8. The number of carbonyl (C=O) groups excluding carboxylic acids is 1. The van der Waals surface area contributed by atoms with E-state index in [2.05, 4.69) is 28.9 Å². The van der Waals surface area contributed by atoms with Crippen LogP contribution in [0.3, 0.4) is 0 Å². The molecule has 1 saturated carbocycles. The van der Waals surface area contributed by atoms with Crippen LogP contribution in [0.2, 0.25) is 0 Å². The molecule has 1 aromatic carbocycles. The van der Waals surface area contributed by atoms with Gasteiger partial charge in [0, 0.05) is 38.6 Å². The van der Waals surface area contributed by atoms with Crippen LogP contribution in [0.1, 0.15) is 89.0 Å². The number of esters is 1. The summed E-state index contributed by atoms with van der Waals surface area (Å²) >= 11 is 0. The Hall–Kier alpha value is -1.39. The zero-order valence-corrected chi connectivity index (χ0v) is 19.6. The molecule has 2 aliphatic heterocycles. The van der Waals surface area contributed by atoms with Crippen LogP contribution in [0.5, 0.6) is 5.75 Å². The summed E-state index contributed by atoms with van der Waals surface area (Å²) in [6.45, 7) is 8.61. The van der Waals surface area contributed by atoms with Crippen molar-refractivity contribution in [2.75, 3.05) is 32.7 Å². The summed E-state index contributed by atoms with van der Waals surface area (Å²) in [6.07, 6.45) is 14.0. The molecular weight excluding hydrogens is 384 g/mol. The molecule has 31 heavy (non-hydrogen) atoms. The topological polar surface area (TPSA) is 32.8 Å². The zero-order chi connectivity index (χ0) is 21.5. The van der Waals surface area contributed by atoms with Crippen LogP contribution in [0.4, 0.5) is 0 Å². The normalized spacial score (nSPS) is 26.3. The average molecular weight is 427 g/mol. The van der Waals surface area contributed by atoms with E-state index in [1.807, 2.05) is 12.1 Å². The quantitative estimate of drug-likeness (QED) is 0.307. The lowest BCUT2D eigenvalue weighted by Crippen LogP contribution is -2.50. The fourth-order valence-corrected chi connectivity index (χ4v) is 6.00. The molecule has 0 spiro atoms. The first-order chi connectivity index (χ1) is 15.2. The maximum atomic E-state index is 12.2. The number of nitrogens with zero attached hydrogens (tertiary/aromatic N) is 2. The van der Waals surface area contributed by atoms with Gasteiger partial charge in [-0.1, -0.05) is 63.6 Å². The van der Waals surface area contributed by atoms with Crippen LogP contribution in [0, 0.1) is 5.92 Å². The van der Waals surface area contributed by atoms with E-state index < -0.39 is 0 Å². The molecule has 4 nitrogen and oxygen atoms in total. The van der Waals surface area contributed by atoms with Gasteiger partial charge in [0.05, 0.1) is 0 Å². The van der Waals surface area contributed by atoms with Crippen LogP contribution in [0.25, 0.3) is 0 Å². The van der Waals surface area contributed by atoms with Gasteiger partial charge >= 0.3 is 5.97 Å². The third kappa shape index (κ3) is 6.32. The molecule has 1 aromatic rings. The minimum Gasteiger partial charge on any atom is -0.426 e. The molecule has 4 heteroatoms. The lowest BCUT2D eigenvalue weighted by atomic mass is 9.82. The fraction of sp³-hybridized carbons (Fsp3) is 0.741. The van der Waals surface area contributed by atoms with Gasteiger partial charge in [0.2, 0.25) is 0 Å². The molecular formula is C27H42N2O2. The van der Waals surface area contributed by atoms with Crippen LogP contribution < -0.4 is 4.74 Å². The molecule has 0 aromatic heterocycles. The van der Waals surface area contributed by atoms with E-state index in [0.717, 1.165) is 18.2 Å². The van der Waals surface area contributed by atoms with E-state index in [-0.39, 0.29) is 5.97 Å². The third-order valence-corrected chi connectivity index (χ3v) is 8.07. The van der Waals surface area contributed by atoms with E-state index in [0.29, 0.717) is 18.3 Å². The maximum Gasteiger partial charge on any atom is 0.311 e. The zero-order valence-electron chi connectivity index (χ0n) is 19.6. The van der Waals surface area contributed by atoms with Gasteiger partial charge in [0.1, 0.15) is 5.75 Å². The van der Waals surface area contributed by atoms with Crippen molar-refractivity contribution in [3.05, 3.63) is 29.8 Å². The van der Waals surface area contributed by atoms with Gasteiger partial charge < -0.3 is 9.64 Å². The van der Waals surface area contributed by atoms with Crippen LogP contribution >= 0.6 is 0 Å². The lowest BCUT2D eigenvalue weighted by molar-refractivity contribution is -0.135. The summed E-state index contributed by atoms with van der Waals surface area (Å²) in [6, 6.07) is 8.95. The Labute approximate surface area is 189 Å². The number of benzene rings is 1. The van der Waals surface area contributed by atoms with Crippen LogP contribution in [-0.4, -0.2) is 54.5 Å². The molecule has 172 valence electrons. The van der Waals surface area contributed by atoms with Crippen molar-refractivity contribution in [3.63, 3.8) is 0 Å². The van der Waals surface area contributed by atoms with E-state index in [4.69, 9.17) is 4.74 Å². The monoisotopic (exact) mass is 426 g/mol. The molecule has 1 aliphatic carbocycles. The average Bonchev–Trinajstić information content (AvgIpc) is 2.93. The Morgan fingerprint density at radius 1 is 0.935 bits per heavy atom. The van der Waals surface area contributed by atoms with Crippen molar-refractivity contribution < 1.29 is 9.53 Å². The number of carbonyl (C=O) groups is 1. The molecule has 2 fully saturated rings. The molecule has 2 heterocycles. The standard InChI is InChI=1S/C27H42N2O2/c1-22-23(21-27(30)31-26-15-9-8-14-25(22)26)11-5-2-3-10-16-28-17-19-29(20-18-28)24-12-6-4-7-13-24/h8-9,14-15,22-24H,2-7,10-13,16-21H2,1H3. The highest BCUT2D eigenvalue weighted by molar-refractivity contribution is 5.74. The molecule has 0 bridgehead atoms. The number of piperazine rings is 1. The summed E-state index contributed by atoms with van der Waals surface area (Å²) in [5.41, 5.74) is 1.20. The summed E-state index contributed by atoms with van der Waals surface area (Å²) in [7, 11) is 0. The fourth-order valence-electron chi connectivity index (χ4n) is 6.00. The second-order valence-corrected chi connectivity index (χ2v) is 10.1. The maximum absolute atomic E-state index is 12.2. The van der Waals surface area contributed by atoms with Gasteiger partial charge in [0.15, 0.2) is 0 Å². The first-order valence-electron chi connectivity index (χ1n) is 13.0. The largest absolute Gasteiger partial charge is 0.426 e. The predicted octanol–water partition coefficient (Wildman–Crippen LogP) is 5.62. The van der Waals surface area contributed by atoms with E-state index >= 15 is 0 Å². The lowest BCUT2D eigenvalue weighted by Gasteiger charge is -2.40. The number of fused-ring (bicyclic) bond motifs is 1. The van der Waals surface area contributed by atoms with E-state index in [9.17, 15) is 4.79 Å². The summed E-state index contributed by atoms with van der Waals surface area (Å²) in [4.78, 5) is 17.7. The number of hydrogen-bond donors (Lipinski definition) is 0. The summed E-state index contributed by atoms with van der Waals surface area (Å²) in [5.74, 6) is 1.51. The first-order valence-corrected chi connectivity index (χ1v) is 13.0. The Morgan fingerprint density at radius 2 is 1.68 bits per heavy atom. The summed E-state index contributed by atoms with van der Waals surface area (Å²) in [5, 5.41) is 0. The van der Waals surface area contributed by atoms with E-state index in [1.165, 1.54) is 96.1 Å². The minimum absolute atomic E-state index is 0.0610. The van der Waals surface area contributed by atoms with Crippen molar-refractivity contribution in [1.29, 1.82) is 0 Å². The Morgan fingerprint density at radius 3 is 2.48 bits per heavy atom. The number of para-hydroxylation sites is 1. The van der Waals surface area contributed by atoms with Gasteiger partial charge in [-0.05, 0) is 55.7 Å². The number of ether oxygens (including phenoxy) is 1. The highest BCUT2D eigenvalue weighted by atomic mass is 16.5. The number of unbranched alkanes of at least 4 members (excludes halogenated alkanes) is 3. The second-order valence-electron chi connectivity index (χ2n) is 10.1. The smallest absolute Gasteiger partial charge is 0.311 e. The molecule has 2 atom stereocenters. The van der Waals surface area contributed by atoms with Crippen molar-refractivity contribution in [2.24, 2.45) is 5.92 Å². The van der Waals surface area contributed by atoms with Gasteiger partial charge in [-0.15, -0.1) is 0 Å². The second kappa shape index (κ2) is 11.5. The molecule has 4 rings (SSSR count). The summed E-state index contributed by atoms with van der Waals surface area (Å²) < 4.78 is 5.57. The molecule has 1 saturated heterocycles. The minimum atomic E-state index is -0.0610. The van der Waals surface area contributed by atoms with Crippen molar-refractivity contribution >= 4 is 5.97 Å². The van der Waals surface area contributed by atoms with E-state index in [1.54, 1.807) is 0 Å². The van der Waals surface area contributed by atoms with Crippen molar-refractivity contribution in [3.8, 4) is 5.75 Å². The predicted molar refractivity (Wildman–Crippen MR) is 127 cm³/mol. The highest BCUT2D eigenvalue weighted by Gasteiger charge is 2.29.